The van der Waals surface area contributed by atoms with Crippen molar-refractivity contribution in [2.75, 3.05) is 20.1 Å². The molecular formula is C18H24N2. The molecule has 0 aromatic heterocycles. The summed E-state index contributed by atoms with van der Waals surface area (Å²) in [6, 6.07) is 16.0. The fourth-order valence-electron chi connectivity index (χ4n) is 3.24. The SMILES string of the molecule is CN(Cc1cccc2ccccc12)CC1CCCCN1. The van der Waals surface area contributed by atoms with Crippen molar-refractivity contribution in [1.29, 1.82) is 0 Å². The van der Waals surface area contributed by atoms with E-state index in [0.29, 0.717) is 6.04 Å². The van der Waals surface area contributed by atoms with Crippen LogP contribution in [0.4, 0.5) is 0 Å². The molecule has 0 bridgehead atoms. The lowest BCUT2D eigenvalue weighted by Crippen LogP contribution is -2.42. The zero-order valence-corrected chi connectivity index (χ0v) is 12.3. The Hall–Kier alpha value is -1.38. The van der Waals surface area contributed by atoms with Crippen LogP contribution in [0.5, 0.6) is 0 Å². The van der Waals surface area contributed by atoms with Crippen molar-refractivity contribution in [3.63, 3.8) is 0 Å². The maximum atomic E-state index is 3.63. The summed E-state index contributed by atoms with van der Waals surface area (Å²) in [7, 11) is 2.23. The van der Waals surface area contributed by atoms with Gasteiger partial charge in [0, 0.05) is 19.1 Å². The van der Waals surface area contributed by atoms with Crippen molar-refractivity contribution in [2.24, 2.45) is 0 Å². The van der Waals surface area contributed by atoms with Gasteiger partial charge in [0.05, 0.1) is 0 Å². The van der Waals surface area contributed by atoms with E-state index in [1.807, 2.05) is 0 Å². The minimum Gasteiger partial charge on any atom is -0.313 e. The predicted octanol–water partition coefficient (Wildman–Crippen LogP) is 3.41. The lowest BCUT2D eigenvalue weighted by molar-refractivity contribution is 0.257. The Balaban J connectivity index is 1.69. The van der Waals surface area contributed by atoms with Crippen molar-refractivity contribution in [1.82, 2.24) is 10.2 Å². The molecule has 0 radical (unpaired) electrons. The van der Waals surface area contributed by atoms with Gasteiger partial charge in [0.1, 0.15) is 0 Å². The molecule has 20 heavy (non-hydrogen) atoms. The van der Waals surface area contributed by atoms with Crippen molar-refractivity contribution < 1.29 is 0 Å². The van der Waals surface area contributed by atoms with Gasteiger partial charge in [-0.15, -0.1) is 0 Å². The van der Waals surface area contributed by atoms with Gasteiger partial charge in [-0.25, -0.2) is 0 Å². The standard InChI is InChI=1S/C18H24N2/c1-20(14-17-10-4-5-12-19-17)13-16-9-6-8-15-7-2-3-11-18(15)16/h2-3,6-9,11,17,19H,4-5,10,12-14H2,1H3. The van der Waals surface area contributed by atoms with E-state index in [2.05, 4.69) is 59.7 Å². The second-order valence-corrected chi connectivity index (χ2v) is 5.98. The topological polar surface area (TPSA) is 15.3 Å². The monoisotopic (exact) mass is 268 g/mol. The Labute approximate surface area is 121 Å². The summed E-state index contributed by atoms with van der Waals surface area (Å²) in [6.07, 6.45) is 4.03. The van der Waals surface area contributed by atoms with E-state index in [9.17, 15) is 0 Å². The van der Waals surface area contributed by atoms with Crippen LogP contribution in [0.3, 0.4) is 0 Å². The summed E-state index contributed by atoms with van der Waals surface area (Å²) in [4.78, 5) is 2.45. The van der Waals surface area contributed by atoms with Crippen LogP contribution in [0.1, 0.15) is 24.8 Å². The second-order valence-electron chi connectivity index (χ2n) is 5.98. The average Bonchev–Trinajstić information content (AvgIpc) is 2.48. The minimum absolute atomic E-state index is 0.670. The van der Waals surface area contributed by atoms with Gasteiger partial charge >= 0.3 is 0 Å². The third-order valence-corrected chi connectivity index (χ3v) is 4.26. The Morgan fingerprint density at radius 1 is 1.10 bits per heavy atom. The average molecular weight is 268 g/mol. The van der Waals surface area contributed by atoms with Gasteiger partial charge in [0.15, 0.2) is 0 Å². The Bertz CT molecular complexity index is 553. The van der Waals surface area contributed by atoms with Crippen molar-refractivity contribution in [2.45, 2.75) is 31.8 Å². The van der Waals surface area contributed by atoms with Gasteiger partial charge < -0.3 is 10.2 Å². The van der Waals surface area contributed by atoms with Gasteiger partial charge in [-0.2, -0.15) is 0 Å². The molecule has 1 heterocycles. The quantitative estimate of drug-likeness (QED) is 0.914. The summed E-state index contributed by atoms with van der Waals surface area (Å²) < 4.78 is 0. The highest BCUT2D eigenvalue weighted by molar-refractivity contribution is 5.85. The van der Waals surface area contributed by atoms with Gasteiger partial charge in [-0.1, -0.05) is 48.9 Å². The van der Waals surface area contributed by atoms with E-state index in [-0.39, 0.29) is 0 Å². The Morgan fingerprint density at radius 2 is 1.95 bits per heavy atom. The zero-order valence-electron chi connectivity index (χ0n) is 12.3. The molecule has 3 rings (SSSR count). The smallest absolute Gasteiger partial charge is 0.0237 e. The summed E-state index contributed by atoms with van der Waals surface area (Å²) in [6.45, 7) is 3.36. The summed E-state index contributed by atoms with van der Waals surface area (Å²) in [5.74, 6) is 0. The first kappa shape index (κ1) is 13.6. The van der Waals surface area contributed by atoms with Crippen LogP contribution < -0.4 is 5.32 Å². The van der Waals surface area contributed by atoms with E-state index >= 15 is 0 Å². The second kappa shape index (κ2) is 6.38. The van der Waals surface area contributed by atoms with Crippen LogP contribution in [-0.2, 0) is 6.54 Å². The van der Waals surface area contributed by atoms with Crippen LogP contribution in [0, 0.1) is 0 Å². The highest BCUT2D eigenvalue weighted by Gasteiger charge is 2.14. The van der Waals surface area contributed by atoms with E-state index in [1.54, 1.807) is 0 Å². The molecule has 0 aliphatic carbocycles. The fourth-order valence-corrected chi connectivity index (χ4v) is 3.24. The maximum Gasteiger partial charge on any atom is 0.0237 e. The number of likely N-dealkylation sites (N-methyl/N-ethyl adjacent to an activating group) is 1. The molecule has 1 saturated heterocycles. The minimum atomic E-state index is 0.670. The van der Waals surface area contributed by atoms with E-state index in [0.717, 1.165) is 13.1 Å². The number of nitrogens with one attached hydrogen (secondary N) is 1. The highest BCUT2D eigenvalue weighted by atomic mass is 15.1. The van der Waals surface area contributed by atoms with E-state index < -0.39 is 0 Å². The largest absolute Gasteiger partial charge is 0.313 e. The van der Waals surface area contributed by atoms with Crippen molar-refractivity contribution in [3.8, 4) is 0 Å². The summed E-state index contributed by atoms with van der Waals surface area (Å²) in [5.41, 5.74) is 1.43. The molecule has 1 N–H and O–H groups in total. The molecule has 106 valence electrons. The lowest BCUT2D eigenvalue weighted by Gasteiger charge is -2.28. The first-order chi connectivity index (χ1) is 9.83. The van der Waals surface area contributed by atoms with Gasteiger partial charge in [-0.3, -0.25) is 0 Å². The lowest BCUT2D eigenvalue weighted by atomic mass is 10.0. The Morgan fingerprint density at radius 3 is 2.80 bits per heavy atom. The number of rotatable bonds is 4. The Kier molecular flexibility index (Phi) is 4.34. The molecule has 1 aliphatic heterocycles. The third kappa shape index (κ3) is 3.20. The molecule has 2 aromatic rings. The first-order valence-corrected chi connectivity index (χ1v) is 7.71. The summed E-state index contributed by atoms with van der Waals surface area (Å²) >= 11 is 0. The van der Waals surface area contributed by atoms with Crippen LogP contribution >= 0.6 is 0 Å². The molecule has 1 aliphatic rings. The molecule has 0 saturated carbocycles. The van der Waals surface area contributed by atoms with Crippen LogP contribution in [0.15, 0.2) is 42.5 Å². The first-order valence-electron chi connectivity index (χ1n) is 7.71. The van der Waals surface area contributed by atoms with Crippen molar-refractivity contribution >= 4 is 10.8 Å². The third-order valence-electron chi connectivity index (χ3n) is 4.26. The summed E-state index contributed by atoms with van der Waals surface area (Å²) in [5, 5.41) is 6.36. The molecule has 1 fully saturated rings. The molecule has 2 aromatic carbocycles. The van der Waals surface area contributed by atoms with Crippen LogP contribution in [-0.4, -0.2) is 31.1 Å². The number of fused-ring (bicyclic) bond motifs is 1. The molecular weight excluding hydrogens is 244 g/mol. The molecule has 2 nitrogen and oxygen atoms in total. The van der Waals surface area contributed by atoms with Crippen LogP contribution in [0.25, 0.3) is 10.8 Å². The predicted molar refractivity (Wildman–Crippen MR) is 85.9 cm³/mol. The van der Waals surface area contributed by atoms with E-state index in [4.69, 9.17) is 0 Å². The number of nitrogens with zero attached hydrogens (tertiary/aromatic N) is 1. The van der Waals surface area contributed by atoms with Gasteiger partial charge in [-0.05, 0) is 42.8 Å². The molecule has 2 heteroatoms. The zero-order chi connectivity index (χ0) is 13.8. The fraction of sp³-hybridized carbons (Fsp3) is 0.444. The number of hydrogen-bond acceptors (Lipinski definition) is 2. The number of hydrogen-bond donors (Lipinski definition) is 1. The number of piperidine rings is 1. The van der Waals surface area contributed by atoms with Gasteiger partial charge in [0.2, 0.25) is 0 Å². The van der Waals surface area contributed by atoms with Crippen molar-refractivity contribution in [3.05, 3.63) is 48.0 Å². The van der Waals surface area contributed by atoms with Crippen LogP contribution in [0.2, 0.25) is 0 Å². The molecule has 0 amide bonds. The normalized spacial score (nSPS) is 19.6. The van der Waals surface area contributed by atoms with E-state index in [1.165, 1.54) is 42.1 Å². The molecule has 1 atom stereocenters. The number of benzene rings is 2. The maximum absolute atomic E-state index is 3.63. The van der Waals surface area contributed by atoms with Gasteiger partial charge in [0.25, 0.3) is 0 Å². The molecule has 0 spiro atoms. The highest BCUT2D eigenvalue weighted by Crippen LogP contribution is 2.20. The molecule has 1 unspecified atom stereocenters.